The fourth-order valence-corrected chi connectivity index (χ4v) is 5.69. The summed E-state index contributed by atoms with van der Waals surface area (Å²) >= 11 is 6.05. The number of phosphoric acid groups is 1. The number of aliphatic hydroxyl groups is 2. The molecule has 4 heterocycles. The summed E-state index contributed by atoms with van der Waals surface area (Å²) in [5, 5.41) is 22.3. The molecule has 0 amide bonds. The summed E-state index contributed by atoms with van der Waals surface area (Å²) in [5.74, 6) is 0.167. The Labute approximate surface area is 199 Å². The standard InChI is InChI=1S/C20H23ClN5O7P/c1-20(28)16(27)14(32-19(20)26-10-25-15-17(22)23-9-24-18(15)26)8-31-34(29)30-6-5-13(33-34)11-3-2-4-12(21)7-11/h2-4,7,9-10,13-14,16,19,27-28H,5-6,8H2,1H3,(H2,22,23,24)/t13?,14-,16-,19-,20-,34?/m1/s1. The molecule has 5 rings (SSSR count). The van der Waals surface area contributed by atoms with Gasteiger partial charge in [-0.15, -0.1) is 0 Å². The van der Waals surface area contributed by atoms with Gasteiger partial charge in [-0.2, -0.15) is 0 Å². The van der Waals surface area contributed by atoms with E-state index >= 15 is 0 Å². The van der Waals surface area contributed by atoms with E-state index in [2.05, 4.69) is 15.0 Å². The molecule has 0 radical (unpaired) electrons. The number of hydrogen-bond acceptors (Lipinski definition) is 11. The molecule has 2 aliphatic rings. The Balaban J connectivity index is 1.31. The van der Waals surface area contributed by atoms with Crippen LogP contribution < -0.4 is 5.73 Å². The predicted octanol–water partition coefficient (Wildman–Crippen LogP) is 2.37. The molecule has 34 heavy (non-hydrogen) atoms. The molecule has 0 bridgehead atoms. The monoisotopic (exact) mass is 511 g/mol. The minimum absolute atomic E-state index is 0.144. The highest BCUT2D eigenvalue weighted by Gasteiger charge is 2.54. The zero-order chi connectivity index (χ0) is 24.1. The maximum atomic E-state index is 13.1. The van der Waals surface area contributed by atoms with Crippen LogP contribution in [-0.2, 0) is 22.9 Å². The van der Waals surface area contributed by atoms with Crippen molar-refractivity contribution in [2.24, 2.45) is 0 Å². The lowest BCUT2D eigenvalue weighted by atomic mass is 9.96. The molecule has 12 nitrogen and oxygen atoms in total. The lowest BCUT2D eigenvalue weighted by Gasteiger charge is -2.30. The van der Waals surface area contributed by atoms with Crippen molar-refractivity contribution in [3.05, 3.63) is 47.5 Å². The van der Waals surface area contributed by atoms with E-state index in [4.69, 9.17) is 35.6 Å². The van der Waals surface area contributed by atoms with E-state index in [9.17, 15) is 14.8 Å². The summed E-state index contributed by atoms with van der Waals surface area (Å²) in [6.07, 6.45) is -0.956. The van der Waals surface area contributed by atoms with Gasteiger partial charge in [0.1, 0.15) is 29.7 Å². The van der Waals surface area contributed by atoms with Gasteiger partial charge in [-0.05, 0) is 24.6 Å². The number of imidazole rings is 1. The van der Waals surface area contributed by atoms with Gasteiger partial charge >= 0.3 is 7.82 Å². The van der Waals surface area contributed by atoms with Crippen LogP contribution in [0.15, 0.2) is 36.9 Å². The number of ether oxygens (including phenoxy) is 1. The number of hydrogen-bond donors (Lipinski definition) is 3. The molecule has 182 valence electrons. The van der Waals surface area contributed by atoms with E-state index in [1.54, 1.807) is 18.2 Å². The van der Waals surface area contributed by atoms with Crippen molar-refractivity contribution < 1.29 is 33.1 Å². The second-order valence-corrected chi connectivity index (χ2v) is 10.4. The highest BCUT2D eigenvalue weighted by molar-refractivity contribution is 7.48. The molecule has 14 heteroatoms. The maximum Gasteiger partial charge on any atom is 0.475 e. The van der Waals surface area contributed by atoms with Crippen LogP contribution in [0.4, 0.5) is 5.82 Å². The van der Waals surface area contributed by atoms with Crippen LogP contribution in [0.5, 0.6) is 0 Å². The molecule has 3 aromatic rings. The molecule has 4 N–H and O–H groups in total. The first-order chi connectivity index (χ1) is 16.2. The Morgan fingerprint density at radius 1 is 1.38 bits per heavy atom. The number of aliphatic hydroxyl groups excluding tert-OH is 1. The van der Waals surface area contributed by atoms with Gasteiger partial charge in [0.15, 0.2) is 17.7 Å². The summed E-state index contributed by atoms with van der Waals surface area (Å²) in [6.45, 7) is 1.19. The Morgan fingerprint density at radius 3 is 3.00 bits per heavy atom. The fourth-order valence-electron chi connectivity index (χ4n) is 4.10. The molecule has 2 fully saturated rings. The van der Waals surface area contributed by atoms with Crippen LogP contribution in [0.1, 0.15) is 31.2 Å². The van der Waals surface area contributed by atoms with Crippen LogP contribution >= 0.6 is 19.4 Å². The lowest BCUT2D eigenvalue weighted by Crippen LogP contribution is -2.44. The molecule has 0 saturated carbocycles. The zero-order valence-corrected chi connectivity index (χ0v) is 19.7. The van der Waals surface area contributed by atoms with Crippen molar-refractivity contribution in [1.82, 2.24) is 19.5 Å². The van der Waals surface area contributed by atoms with E-state index in [-0.39, 0.29) is 19.0 Å². The summed E-state index contributed by atoms with van der Waals surface area (Å²) < 4.78 is 36.9. The number of benzene rings is 1. The summed E-state index contributed by atoms with van der Waals surface area (Å²) in [7, 11) is -3.97. The number of nitrogen functional groups attached to an aromatic ring is 1. The normalized spacial score (nSPS) is 34.0. The smallest absolute Gasteiger partial charge is 0.387 e. The van der Waals surface area contributed by atoms with E-state index in [1.807, 2.05) is 6.07 Å². The van der Waals surface area contributed by atoms with Crippen LogP contribution in [0, 0.1) is 0 Å². The molecule has 0 spiro atoms. The van der Waals surface area contributed by atoms with Gasteiger partial charge in [-0.3, -0.25) is 18.1 Å². The molecule has 2 aliphatic heterocycles. The Kier molecular flexibility index (Phi) is 6.11. The van der Waals surface area contributed by atoms with E-state index < -0.39 is 38.0 Å². The van der Waals surface area contributed by atoms with Gasteiger partial charge < -0.3 is 20.7 Å². The minimum Gasteiger partial charge on any atom is -0.387 e. The van der Waals surface area contributed by atoms with E-state index in [1.165, 1.54) is 24.1 Å². The number of nitrogens with two attached hydrogens (primary N) is 1. The number of rotatable bonds is 5. The third kappa shape index (κ3) is 4.21. The van der Waals surface area contributed by atoms with Crippen molar-refractivity contribution in [3.63, 3.8) is 0 Å². The molecule has 1 aromatic carbocycles. The predicted molar refractivity (Wildman–Crippen MR) is 120 cm³/mol. The van der Waals surface area contributed by atoms with Crippen LogP contribution in [0.25, 0.3) is 11.2 Å². The SMILES string of the molecule is C[C@@]1(O)[C@H](O)[C@@H](COP2(=O)OCCC(c3cccc(Cl)c3)O2)O[C@H]1n1cnc2c(N)ncnc21. The quantitative estimate of drug-likeness (QED) is 0.430. The zero-order valence-electron chi connectivity index (χ0n) is 18.0. The first-order valence-corrected chi connectivity index (χ1v) is 12.3. The van der Waals surface area contributed by atoms with Crippen LogP contribution in [0.3, 0.4) is 0 Å². The molecule has 2 aromatic heterocycles. The van der Waals surface area contributed by atoms with Crippen molar-refractivity contribution in [3.8, 4) is 0 Å². The molecular formula is C20H23ClN5O7P. The van der Waals surface area contributed by atoms with Crippen LogP contribution in [-0.4, -0.2) is 60.8 Å². The summed E-state index contributed by atoms with van der Waals surface area (Å²) in [4.78, 5) is 12.2. The number of anilines is 1. The third-order valence-electron chi connectivity index (χ3n) is 5.90. The molecular weight excluding hydrogens is 489 g/mol. The second-order valence-electron chi connectivity index (χ2n) is 8.29. The first-order valence-electron chi connectivity index (χ1n) is 10.5. The van der Waals surface area contributed by atoms with Crippen LogP contribution in [0.2, 0.25) is 5.02 Å². The van der Waals surface area contributed by atoms with Gasteiger partial charge in [0.25, 0.3) is 0 Å². The van der Waals surface area contributed by atoms with E-state index in [0.29, 0.717) is 22.6 Å². The first kappa shape index (κ1) is 23.6. The Bertz CT molecular complexity index is 1260. The van der Waals surface area contributed by atoms with Crippen molar-refractivity contribution in [1.29, 1.82) is 0 Å². The number of halogens is 1. The number of nitrogens with zero attached hydrogens (tertiary/aromatic N) is 4. The largest absolute Gasteiger partial charge is 0.475 e. The van der Waals surface area contributed by atoms with Gasteiger partial charge in [-0.1, -0.05) is 23.7 Å². The molecule has 6 atom stereocenters. The lowest BCUT2D eigenvalue weighted by molar-refractivity contribution is -0.0953. The Morgan fingerprint density at radius 2 is 2.21 bits per heavy atom. The van der Waals surface area contributed by atoms with Gasteiger partial charge in [0, 0.05) is 11.4 Å². The third-order valence-corrected chi connectivity index (χ3v) is 7.61. The molecule has 2 saturated heterocycles. The summed E-state index contributed by atoms with van der Waals surface area (Å²) in [6, 6.07) is 7.03. The number of aromatic nitrogens is 4. The molecule has 2 unspecified atom stereocenters. The van der Waals surface area contributed by atoms with Crippen molar-refractivity contribution >= 4 is 36.4 Å². The van der Waals surface area contributed by atoms with Gasteiger partial charge in [0.05, 0.1) is 25.6 Å². The Hall–Kier alpha value is -2.15. The summed E-state index contributed by atoms with van der Waals surface area (Å²) in [5.41, 5.74) is 5.47. The van der Waals surface area contributed by atoms with Crippen molar-refractivity contribution in [2.45, 2.75) is 43.5 Å². The fraction of sp³-hybridized carbons (Fsp3) is 0.450. The average molecular weight is 512 g/mol. The average Bonchev–Trinajstić information content (AvgIpc) is 3.32. The number of fused-ring (bicyclic) bond motifs is 1. The van der Waals surface area contributed by atoms with Gasteiger partial charge in [0.2, 0.25) is 0 Å². The maximum absolute atomic E-state index is 13.1. The van der Waals surface area contributed by atoms with Gasteiger partial charge in [-0.25, -0.2) is 19.5 Å². The molecule has 0 aliphatic carbocycles. The highest BCUT2D eigenvalue weighted by atomic mass is 35.5. The van der Waals surface area contributed by atoms with Crippen molar-refractivity contribution in [2.75, 3.05) is 18.9 Å². The highest BCUT2D eigenvalue weighted by Crippen LogP contribution is 2.57. The van der Waals surface area contributed by atoms with E-state index in [0.717, 1.165) is 5.56 Å². The topological polar surface area (TPSA) is 164 Å². The number of phosphoric ester groups is 1. The second kappa shape index (κ2) is 8.81. The minimum atomic E-state index is -3.97.